The number of unbranched alkanes of at least 4 members (excludes halogenated alkanes) is 1. The zero-order valence-corrected chi connectivity index (χ0v) is 16.1. The lowest BCUT2D eigenvalue weighted by Gasteiger charge is -2.10. The van der Waals surface area contributed by atoms with Crippen molar-refractivity contribution in [2.45, 2.75) is 45.1 Å². The van der Waals surface area contributed by atoms with Gasteiger partial charge in [-0.1, -0.05) is 12.2 Å². The second-order valence-electron chi connectivity index (χ2n) is 5.80. The van der Waals surface area contributed by atoms with Crippen molar-refractivity contribution in [3.63, 3.8) is 0 Å². The van der Waals surface area contributed by atoms with Gasteiger partial charge in [-0.3, -0.25) is 9.63 Å². The minimum absolute atomic E-state index is 0.0102. The van der Waals surface area contributed by atoms with Crippen LogP contribution in [-0.2, 0) is 33.4 Å². The van der Waals surface area contributed by atoms with Gasteiger partial charge in [-0.15, -0.1) is 0 Å². The Kier molecular flexibility index (Phi) is 15.9. The summed E-state index contributed by atoms with van der Waals surface area (Å²) in [5.74, 6) is -1.07. The number of isocyanates is 1. The Morgan fingerprint density at radius 2 is 1.96 bits per heavy atom. The number of nitriles is 1. The molecule has 156 valence electrons. The third kappa shape index (κ3) is 15.5. The molecule has 1 atom stereocenters. The number of hydrogen-bond donors (Lipinski definition) is 1. The smallest absolute Gasteiger partial charge is 0.331 e. The highest BCUT2D eigenvalue weighted by Gasteiger charge is 2.19. The predicted octanol–water partition coefficient (Wildman–Crippen LogP) is 1.32. The lowest BCUT2D eigenvalue weighted by atomic mass is 10.1. The first-order valence-corrected chi connectivity index (χ1v) is 8.90. The molecule has 0 saturated heterocycles. The number of hydrogen-bond acceptors (Lipinski definition) is 10. The van der Waals surface area contributed by atoms with Crippen molar-refractivity contribution in [2.24, 2.45) is 4.99 Å². The Morgan fingerprint density at radius 1 is 1.18 bits per heavy atom. The molecule has 1 N–H and O–H groups in total. The van der Waals surface area contributed by atoms with E-state index in [0.717, 1.165) is 5.57 Å². The highest BCUT2D eigenvalue weighted by molar-refractivity contribution is 5.77. The van der Waals surface area contributed by atoms with E-state index < -0.39 is 18.0 Å². The van der Waals surface area contributed by atoms with E-state index in [9.17, 15) is 14.4 Å². The van der Waals surface area contributed by atoms with Crippen LogP contribution < -0.4 is 5.48 Å². The lowest BCUT2D eigenvalue weighted by molar-refractivity contribution is -0.148. The van der Waals surface area contributed by atoms with Crippen LogP contribution in [0.1, 0.15) is 39.0 Å². The second kappa shape index (κ2) is 17.7. The van der Waals surface area contributed by atoms with Crippen LogP contribution >= 0.6 is 0 Å². The fourth-order valence-corrected chi connectivity index (χ4v) is 1.87. The van der Waals surface area contributed by atoms with Gasteiger partial charge in [-0.2, -0.15) is 15.7 Å². The molecule has 0 aliphatic heterocycles. The summed E-state index contributed by atoms with van der Waals surface area (Å²) in [4.78, 5) is 42.3. The van der Waals surface area contributed by atoms with E-state index in [1.54, 1.807) is 6.26 Å². The number of nitrogens with one attached hydrogen (secondary N) is 1. The summed E-state index contributed by atoms with van der Waals surface area (Å²) >= 11 is 0. The molecule has 0 aliphatic carbocycles. The van der Waals surface area contributed by atoms with E-state index in [1.807, 2.05) is 6.92 Å². The third-order valence-electron chi connectivity index (χ3n) is 3.18. The average Bonchev–Trinajstić information content (AvgIpc) is 2.66. The van der Waals surface area contributed by atoms with E-state index in [4.69, 9.17) is 19.6 Å². The highest BCUT2D eigenvalue weighted by Crippen LogP contribution is 2.07. The van der Waals surface area contributed by atoms with Crippen LogP contribution in [0.3, 0.4) is 0 Å². The van der Waals surface area contributed by atoms with Crippen molar-refractivity contribution < 1.29 is 33.4 Å². The topological polar surface area (TPSA) is 136 Å². The maximum absolute atomic E-state index is 11.9. The molecule has 0 aromatic rings. The van der Waals surface area contributed by atoms with Crippen LogP contribution in [-0.4, -0.2) is 57.0 Å². The molecule has 0 rings (SSSR count). The van der Waals surface area contributed by atoms with Gasteiger partial charge < -0.3 is 14.2 Å². The minimum Gasteiger partial charge on any atom is -0.464 e. The molecular weight excluding hydrogens is 370 g/mol. The summed E-state index contributed by atoms with van der Waals surface area (Å²) in [6.45, 7) is 6.63. The predicted molar refractivity (Wildman–Crippen MR) is 97.2 cm³/mol. The molecule has 10 heteroatoms. The van der Waals surface area contributed by atoms with Gasteiger partial charge in [-0.25, -0.2) is 9.59 Å². The molecule has 0 fully saturated rings. The molecule has 10 nitrogen and oxygen atoms in total. The summed E-state index contributed by atoms with van der Waals surface area (Å²) in [7, 11) is 0. The van der Waals surface area contributed by atoms with Crippen LogP contribution in [0.25, 0.3) is 0 Å². The molecular formula is C18H27N3O7. The summed E-state index contributed by atoms with van der Waals surface area (Å²) in [5.41, 5.74) is 3.50. The molecule has 28 heavy (non-hydrogen) atoms. The van der Waals surface area contributed by atoms with Gasteiger partial charge in [0.15, 0.2) is 6.04 Å². The lowest BCUT2D eigenvalue weighted by Crippen LogP contribution is -2.23. The molecule has 0 bridgehead atoms. The number of carbonyl (C=O) groups excluding carboxylic acids is 3. The van der Waals surface area contributed by atoms with Crippen molar-refractivity contribution in [3.05, 3.63) is 12.2 Å². The quantitative estimate of drug-likeness (QED) is 0.0732. The Balaban J connectivity index is 3.83. The number of aliphatic imine (C=N–C) groups is 1. The van der Waals surface area contributed by atoms with Crippen LogP contribution in [0, 0.1) is 11.5 Å². The first-order chi connectivity index (χ1) is 13.5. The Labute approximate surface area is 164 Å². The molecule has 0 saturated carbocycles. The Hall–Kier alpha value is -2.73. The molecule has 1 unspecified atom stereocenters. The molecule has 0 aromatic carbocycles. The maximum Gasteiger partial charge on any atom is 0.331 e. The van der Waals surface area contributed by atoms with Crippen molar-refractivity contribution in [2.75, 3.05) is 33.0 Å². The van der Waals surface area contributed by atoms with E-state index in [2.05, 4.69) is 21.8 Å². The summed E-state index contributed by atoms with van der Waals surface area (Å²) in [5, 5.41) is 8.25. The number of esters is 2. The van der Waals surface area contributed by atoms with Crippen molar-refractivity contribution in [3.8, 4) is 6.26 Å². The van der Waals surface area contributed by atoms with Crippen molar-refractivity contribution in [1.82, 2.24) is 5.48 Å². The van der Waals surface area contributed by atoms with E-state index >= 15 is 0 Å². The maximum atomic E-state index is 11.9. The molecule has 0 aromatic heterocycles. The van der Waals surface area contributed by atoms with Crippen LogP contribution in [0.5, 0.6) is 0 Å². The number of ether oxygens (including phenoxy) is 3. The van der Waals surface area contributed by atoms with Gasteiger partial charge in [0, 0.05) is 6.42 Å². The van der Waals surface area contributed by atoms with Gasteiger partial charge in [0.25, 0.3) is 6.26 Å². The fourth-order valence-electron chi connectivity index (χ4n) is 1.87. The average molecular weight is 397 g/mol. The summed E-state index contributed by atoms with van der Waals surface area (Å²) < 4.78 is 14.5. The second-order valence-corrected chi connectivity index (χ2v) is 5.80. The largest absolute Gasteiger partial charge is 0.464 e. The number of hydroxylamine groups is 1. The van der Waals surface area contributed by atoms with Crippen molar-refractivity contribution in [1.29, 1.82) is 5.26 Å². The number of nitrogens with zero attached hydrogens (tertiary/aromatic N) is 2. The minimum atomic E-state index is -0.947. The van der Waals surface area contributed by atoms with Gasteiger partial charge in [0.2, 0.25) is 6.08 Å². The monoisotopic (exact) mass is 397 g/mol. The van der Waals surface area contributed by atoms with Crippen LogP contribution in [0.15, 0.2) is 17.1 Å². The molecule has 0 spiro atoms. The summed E-state index contributed by atoms with van der Waals surface area (Å²) in [6.07, 6.45) is 4.63. The zero-order chi connectivity index (χ0) is 21.0. The first kappa shape index (κ1) is 25.3. The number of rotatable bonds is 17. The zero-order valence-electron chi connectivity index (χ0n) is 16.1. The van der Waals surface area contributed by atoms with E-state index in [1.165, 1.54) is 6.08 Å². The SMILES string of the molecule is C=C(C)CONCCOC(=O)CCCOC(=O)C(CCCCOC#N)N=C=O. The van der Waals surface area contributed by atoms with Crippen molar-refractivity contribution >= 4 is 18.0 Å². The Morgan fingerprint density at radius 3 is 2.64 bits per heavy atom. The molecule has 0 heterocycles. The van der Waals surface area contributed by atoms with Gasteiger partial charge in [0.05, 0.1) is 19.8 Å². The number of carbonyl (C=O) groups is 2. The molecule has 0 radical (unpaired) electrons. The van der Waals surface area contributed by atoms with Crippen LogP contribution in [0.2, 0.25) is 0 Å². The molecule has 0 amide bonds. The Bertz CT molecular complexity index is 568. The molecule has 0 aliphatic rings. The van der Waals surface area contributed by atoms with Gasteiger partial charge >= 0.3 is 11.9 Å². The van der Waals surface area contributed by atoms with Crippen LogP contribution in [0.4, 0.5) is 0 Å². The standard InChI is InChI=1S/C18H27N3O7/c1-15(2)12-28-21-8-11-26-17(23)7-5-10-27-18(24)16(20-14-22)6-3-4-9-25-13-19/h16,21H,1,3-12H2,2H3. The normalized spacial score (nSPS) is 10.9. The van der Waals surface area contributed by atoms with E-state index in [0.29, 0.717) is 26.0 Å². The fraction of sp³-hybridized carbons (Fsp3) is 0.667. The summed E-state index contributed by atoms with van der Waals surface area (Å²) in [6, 6.07) is -0.947. The van der Waals surface area contributed by atoms with E-state index in [-0.39, 0.29) is 39.1 Å². The highest BCUT2D eigenvalue weighted by atomic mass is 16.6. The van der Waals surface area contributed by atoms with Gasteiger partial charge in [-0.05, 0) is 32.6 Å². The van der Waals surface area contributed by atoms with Gasteiger partial charge in [0.1, 0.15) is 13.2 Å². The third-order valence-corrected chi connectivity index (χ3v) is 3.18. The first-order valence-electron chi connectivity index (χ1n) is 8.90.